The SMILES string of the molecule is C=C1O[C@H](OP(=O)(O)OP(=O)(O)OC[C@H]2O[C@@H](n3ccc(=O)[nH]c3=O)[C@H](O)[C@@H]2O)[C@H](NC(C)=O)[C@@H](O)[C@@H]1O. The quantitative estimate of drug-likeness (QED) is 0.130. The Hall–Kier alpha value is -2.25. The number of rotatable bonds is 9. The van der Waals surface area contributed by atoms with Crippen LogP contribution in [0.5, 0.6) is 0 Å². The second-order valence-electron chi connectivity index (χ2n) is 8.10. The van der Waals surface area contributed by atoms with Crippen LogP contribution in [0.25, 0.3) is 0 Å². The number of aliphatic hydroxyl groups is 4. The summed E-state index contributed by atoms with van der Waals surface area (Å²) >= 11 is 0. The molecule has 3 rings (SSSR count). The number of aromatic amines is 1. The molecule has 2 fully saturated rings. The van der Waals surface area contributed by atoms with Crippen LogP contribution in [0.3, 0.4) is 0 Å². The molecule has 1 aromatic rings. The second-order valence-corrected chi connectivity index (χ2v) is 11.1. The Labute approximate surface area is 212 Å². The number of carbonyl (C=O) groups is 1. The van der Waals surface area contributed by atoms with Crippen LogP contribution in [0.1, 0.15) is 13.2 Å². The third-order valence-electron chi connectivity index (χ3n) is 5.26. The maximum Gasteiger partial charge on any atom is 0.484 e. The van der Waals surface area contributed by atoms with E-state index in [1.165, 1.54) is 0 Å². The number of phosphoric acid groups is 2. The van der Waals surface area contributed by atoms with E-state index in [1.54, 1.807) is 0 Å². The first-order valence-corrected chi connectivity index (χ1v) is 13.5. The predicted molar refractivity (Wildman–Crippen MR) is 119 cm³/mol. The minimum absolute atomic E-state index is 0.519. The standard InChI is InChI=1S/C17H25N3O16P2/c1-6-11(23)13(25)10(18-7(2)21)16(33-6)35-38(30,31)36-37(28,29)32-5-8-12(24)14(26)15(34-8)20-4-3-9(22)19-17(20)27/h3-4,8,10-16,23-26H,1,5H2,2H3,(H,18,21)(H,28,29)(H,30,31)(H,19,22,27)/t8-,10-,11-,12-,13-,14-,15-,16-/m1/s1. The van der Waals surface area contributed by atoms with Gasteiger partial charge in [-0.3, -0.25) is 23.7 Å². The molecule has 2 unspecified atom stereocenters. The summed E-state index contributed by atoms with van der Waals surface area (Å²) in [7, 11) is -11.1. The van der Waals surface area contributed by atoms with Crippen LogP contribution in [0.15, 0.2) is 34.2 Å². The summed E-state index contributed by atoms with van der Waals surface area (Å²) in [6, 6.07) is -0.711. The van der Waals surface area contributed by atoms with Gasteiger partial charge in [0.25, 0.3) is 5.56 Å². The molecule has 0 aliphatic carbocycles. The van der Waals surface area contributed by atoms with E-state index in [0.717, 1.165) is 23.8 Å². The summed E-state index contributed by atoms with van der Waals surface area (Å²) in [5.41, 5.74) is -1.74. The highest BCUT2D eigenvalue weighted by atomic mass is 31.3. The lowest BCUT2D eigenvalue weighted by Gasteiger charge is -2.39. The number of hydrogen-bond donors (Lipinski definition) is 8. The number of nitrogens with one attached hydrogen (secondary N) is 2. The summed E-state index contributed by atoms with van der Waals surface area (Å²) in [5, 5.41) is 42.4. The van der Waals surface area contributed by atoms with Crippen molar-refractivity contribution in [2.24, 2.45) is 0 Å². The lowest BCUT2D eigenvalue weighted by molar-refractivity contribution is -0.174. The Morgan fingerprint density at radius 3 is 2.42 bits per heavy atom. The molecule has 0 bridgehead atoms. The Morgan fingerprint density at radius 2 is 1.82 bits per heavy atom. The molecule has 8 N–H and O–H groups in total. The smallest absolute Gasteiger partial charge is 0.464 e. The van der Waals surface area contributed by atoms with Gasteiger partial charge in [-0.15, -0.1) is 0 Å². The second kappa shape index (κ2) is 11.5. The van der Waals surface area contributed by atoms with E-state index in [4.69, 9.17) is 9.47 Å². The fraction of sp³-hybridized carbons (Fsp3) is 0.588. The molecule has 2 aliphatic heterocycles. The third kappa shape index (κ3) is 7.03. The Bertz CT molecular complexity index is 1270. The van der Waals surface area contributed by atoms with Crippen molar-refractivity contribution in [3.05, 3.63) is 45.4 Å². The number of H-pyrrole nitrogens is 1. The molecule has 3 heterocycles. The van der Waals surface area contributed by atoms with E-state index in [1.807, 2.05) is 4.98 Å². The predicted octanol–water partition coefficient (Wildman–Crippen LogP) is -3.50. The average Bonchev–Trinajstić information content (AvgIpc) is 3.06. The summed E-state index contributed by atoms with van der Waals surface area (Å²) in [5.74, 6) is -1.29. The largest absolute Gasteiger partial charge is 0.484 e. The lowest BCUT2D eigenvalue weighted by Crippen LogP contribution is -2.59. The first-order valence-electron chi connectivity index (χ1n) is 10.5. The van der Waals surface area contributed by atoms with Gasteiger partial charge in [-0.1, -0.05) is 6.58 Å². The first kappa shape index (κ1) is 30.3. The van der Waals surface area contributed by atoms with Crippen LogP contribution in [0.4, 0.5) is 0 Å². The third-order valence-corrected chi connectivity index (χ3v) is 7.86. The molecule has 0 saturated carbocycles. The van der Waals surface area contributed by atoms with Crippen LogP contribution in [-0.4, -0.2) is 95.1 Å². The zero-order chi connectivity index (χ0) is 28.6. The summed E-state index contributed by atoms with van der Waals surface area (Å²) in [6.07, 6.45) is -11.3. The van der Waals surface area contributed by atoms with Crippen molar-refractivity contribution in [1.29, 1.82) is 0 Å². The molecule has 0 spiro atoms. The Kier molecular flexibility index (Phi) is 9.14. The molecular weight excluding hydrogens is 564 g/mol. The molecule has 2 saturated heterocycles. The topological polar surface area (TPSA) is 286 Å². The fourth-order valence-corrected chi connectivity index (χ4v) is 5.67. The summed E-state index contributed by atoms with van der Waals surface area (Å²) in [6.45, 7) is 3.27. The monoisotopic (exact) mass is 589 g/mol. The van der Waals surface area contributed by atoms with Crippen molar-refractivity contribution in [2.45, 2.75) is 56.0 Å². The van der Waals surface area contributed by atoms with Crippen LogP contribution >= 0.6 is 15.6 Å². The molecule has 19 nitrogen and oxygen atoms in total. The Morgan fingerprint density at radius 1 is 1.16 bits per heavy atom. The van der Waals surface area contributed by atoms with Gasteiger partial charge in [-0.25, -0.2) is 18.4 Å². The van der Waals surface area contributed by atoms with E-state index < -0.39 is 94.2 Å². The minimum Gasteiger partial charge on any atom is -0.464 e. The summed E-state index contributed by atoms with van der Waals surface area (Å²) in [4.78, 5) is 56.3. The van der Waals surface area contributed by atoms with Crippen molar-refractivity contribution in [3.8, 4) is 0 Å². The average molecular weight is 589 g/mol. The fourth-order valence-electron chi connectivity index (χ4n) is 3.51. The van der Waals surface area contributed by atoms with Gasteiger partial charge in [-0.2, -0.15) is 4.31 Å². The highest BCUT2D eigenvalue weighted by Gasteiger charge is 2.49. The number of phosphoric ester groups is 2. The highest BCUT2D eigenvalue weighted by molar-refractivity contribution is 7.61. The van der Waals surface area contributed by atoms with Crippen molar-refractivity contribution in [3.63, 3.8) is 0 Å². The Balaban J connectivity index is 1.65. The van der Waals surface area contributed by atoms with E-state index in [2.05, 4.69) is 25.3 Å². The number of nitrogens with zero attached hydrogens (tertiary/aromatic N) is 1. The van der Waals surface area contributed by atoms with E-state index in [9.17, 15) is 53.7 Å². The van der Waals surface area contributed by atoms with E-state index in [-0.39, 0.29) is 0 Å². The van der Waals surface area contributed by atoms with Crippen molar-refractivity contribution < 1.29 is 67.0 Å². The number of hydrogen-bond acceptors (Lipinski definition) is 14. The lowest BCUT2D eigenvalue weighted by atomic mass is 10.0. The van der Waals surface area contributed by atoms with Gasteiger partial charge in [-0.05, 0) is 0 Å². The van der Waals surface area contributed by atoms with Gasteiger partial charge >= 0.3 is 21.3 Å². The summed E-state index contributed by atoms with van der Waals surface area (Å²) < 4.78 is 49.0. The zero-order valence-corrected chi connectivity index (χ0v) is 21.1. The molecule has 38 heavy (non-hydrogen) atoms. The number of aliphatic hydroxyl groups excluding tert-OH is 4. The van der Waals surface area contributed by atoms with Gasteiger partial charge in [0.15, 0.2) is 6.23 Å². The molecule has 214 valence electrons. The van der Waals surface area contributed by atoms with Gasteiger partial charge in [0.1, 0.15) is 42.3 Å². The number of amides is 1. The van der Waals surface area contributed by atoms with Crippen molar-refractivity contribution >= 4 is 21.6 Å². The van der Waals surface area contributed by atoms with Crippen LogP contribution < -0.4 is 16.6 Å². The zero-order valence-electron chi connectivity index (χ0n) is 19.3. The molecule has 1 amide bonds. The number of ether oxygens (including phenoxy) is 2. The van der Waals surface area contributed by atoms with Crippen molar-refractivity contribution in [2.75, 3.05) is 6.61 Å². The maximum absolute atomic E-state index is 12.4. The van der Waals surface area contributed by atoms with Crippen LogP contribution in [0, 0.1) is 0 Å². The molecule has 0 radical (unpaired) electrons. The molecule has 1 aromatic heterocycles. The molecule has 2 aliphatic rings. The van der Waals surface area contributed by atoms with Gasteiger partial charge in [0, 0.05) is 19.2 Å². The van der Waals surface area contributed by atoms with Crippen LogP contribution in [-0.2, 0) is 36.8 Å². The van der Waals surface area contributed by atoms with E-state index >= 15 is 0 Å². The molecule has 10 atom stereocenters. The van der Waals surface area contributed by atoms with E-state index in [0.29, 0.717) is 0 Å². The molecule has 0 aromatic carbocycles. The van der Waals surface area contributed by atoms with Crippen LogP contribution in [0.2, 0.25) is 0 Å². The minimum atomic E-state index is -5.58. The normalized spacial score (nSPS) is 34.7. The molecular formula is C17H25N3O16P2. The van der Waals surface area contributed by atoms with Gasteiger partial charge in [0.2, 0.25) is 12.2 Å². The number of carbonyl (C=O) groups excluding carboxylic acids is 1. The highest BCUT2D eigenvalue weighted by Crippen LogP contribution is 2.61. The molecule has 21 heteroatoms. The van der Waals surface area contributed by atoms with Crippen molar-refractivity contribution in [1.82, 2.24) is 14.9 Å². The van der Waals surface area contributed by atoms with Gasteiger partial charge in [0.05, 0.1) is 6.61 Å². The first-order chi connectivity index (χ1) is 17.5. The maximum atomic E-state index is 12.4. The number of aromatic nitrogens is 2. The van der Waals surface area contributed by atoms with Gasteiger partial charge < -0.3 is 45.0 Å².